The minimum absolute atomic E-state index is 0.170. The maximum absolute atomic E-state index is 12.1. The molecule has 5 heteroatoms. The van der Waals surface area contributed by atoms with Crippen LogP contribution in [0.25, 0.3) is 0 Å². The molecule has 1 rings (SSSR count). The maximum Gasteiger partial charge on any atom is 0.179 e. The van der Waals surface area contributed by atoms with E-state index in [-0.39, 0.29) is 5.75 Å². The smallest absolute Gasteiger partial charge is 0.179 e. The molecule has 0 spiro atoms. The van der Waals surface area contributed by atoms with Crippen LogP contribution < -0.4 is 0 Å². The molecule has 0 aliphatic rings. The van der Waals surface area contributed by atoms with E-state index in [1.165, 1.54) is 0 Å². The van der Waals surface area contributed by atoms with E-state index in [9.17, 15) is 8.42 Å². The van der Waals surface area contributed by atoms with Crippen LogP contribution in [0.15, 0.2) is 33.6 Å². The molecule has 0 aromatic heterocycles. The van der Waals surface area contributed by atoms with Gasteiger partial charge in [-0.05, 0) is 50.2 Å². The number of hydrogen-bond acceptors (Lipinski definition) is 3. The molecule has 0 bridgehead atoms. The van der Waals surface area contributed by atoms with Crippen LogP contribution in [0.5, 0.6) is 0 Å². The van der Waals surface area contributed by atoms with Crippen LogP contribution in [0.4, 0.5) is 0 Å². The van der Waals surface area contributed by atoms with Crippen molar-refractivity contribution in [2.75, 3.05) is 25.9 Å². The molecule has 0 heterocycles. The topological polar surface area (TPSA) is 37.4 Å². The zero-order valence-corrected chi connectivity index (χ0v) is 14.2. The first-order valence-corrected chi connectivity index (χ1v) is 8.92. The van der Waals surface area contributed by atoms with E-state index in [0.717, 1.165) is 17.4 Å². The monoisotopic (exact) mass is 347 g/mol. The number of hydrogen-bond donors (Lipinski definition) is 0. The molecule has 3 nitrogen and oxygen atoms in total. The third-order valence-electron chi connectivity index (χ3n) is 3.00. The zero-order valence-electron chi connectivity index (χ0n) is 11.8. The van der Waals surface area contributed by atoms with Gasteiger partial charge in [0.25, 0.3) is 0 Å². The predicted molar refractivity (Wildman–Crippen MR) is 83.1 cm³/mol. The lowest BCUT2D eigenvalue weighted by atomic mass is 10.1. The van der Waals surface area contributed by atoms with E-state index in [1.54, 1.807) is 24.3 Å². The standard InChI is InChI=1S/C14H22BrNO2S/c1-12(2)8-9-16(3)10-11-19(17,18)14-6-4-13(15)5-7-14/h4-7,12H,8-11H2,1-3H3. The molecule has 0 saturated carbocycles. The van der Waals surface area contributed by atoms with Crippen molar-refractivity contribution in [2.45, 2.75) is 25.2 Å². The zero-order chi connectivity index (χ0) is 14.5. The van der Waals surface area contributed by atoms with Gasteiger partial charge in [-0.15, -0.1) is 0 Å². The Hall–Kier alpha value is -0.390. The summed E-state index contributed by atoms with van der Waals surface area (Å²) in [5.41, 5.74) is 0. The lowest BCUT2D eigenvalue weighted by molar-refractivity contribution is 0.326. The lowest BCUT2D eigenvalue weighted by Gasteiger charge is -2.17. The SMILES string of the molecule is CC(C)CCN(C)CCS(=O)(=O)c1ccc(Br)cc1. The van der Waals surface area contributed by atoms with Gasteiger partial charge >= 0.3 is 0 Å². The highest BCUT2D eigenvalue weighted by Gasteiger charge is 2.15. The number of benzene rings is 1. The van der Waals surface area contributed by atoms with Gasteiger partial charge < -0.3 is 4.90 Å². The van der Waals surface area contributed by atoms with Crippen molar-refractivity contribution < 1.29 is 8.42 Å². The van der Waals surface area contributed by atoms with Crippen LogP contribution in [0.2, 0.25) is 0 Å². The van der Waals surface area contributed by atoms with Crippen LogP contribution >= 0.6 is 15.9 Å². The molecule has 108 valence electrons. The Bertz CT molecular complexity index is 483. The van der Waals surface area contributed by atoms with Crippen LogP contribution in [0, 0.1) is 5.92 Å². The Kier molecular flexibility index (Phi) is 6.50. The molecule has 0 radical (unpaired) electrons. The molecule has 1 aromatic carbocycles. The number of nitrogens with zero attached hydrogens (tertiary/aromatic N) is 1. The maximum atomic E-state index is 12.1. The fourth-order valence-corrected chi connectivity index (χ4v) is 3.23. The Morgan fingerprint density at radius 3 is 2.26 bits per heavy atom. The molecule has 0 unspecified atom stereocenters. The summed E-state index contributed by atoms with van der Waals surface area (Å²) in [5, 5.41) is 0. The normalized spacial score (nSPS) is 12.3. The third kappa shape index (κ3) is 6.06. The second kappa shape index (κ2) is 7.41. The van der Waals surface area contributed by atoms with Crippen LogP contribution in [-0.4, -0.2) is 39.2 Å². The molecule has 19 heavy (non-hydrogen) atoms. The number of halogens is 1. The summed E-state index contributed by atoms with van der Waals surface area (Å²) in [5.74, 6) is 0.814. The first-order valence-electron chi connectivity index (χ1n) is 6.48. The summed E-state index contributed by atoms with van der Waals surface area (Å²) >= 11 is 3.31. The van der Waals surface area contributed by atoms with Crippen LogP contribution in [0.1, 0.15) is 20.3 Å². The fourth-order valence-electron chi connectivity index (χ4n) is 1.63. The van der Waals surface area contributed by atoms with E-state index in [0.29, 0.717) is 17.4 Å². The van der Waals surface area contributed by atoms with E-state index >= 15 is 0 Å². The quantitative estimate of drug-likeness (QED) is 0.759. The van der Waals surface area contributed by atoms with E-state index in [1.807, 2.05) is 7.05 Å². The Morgan fingerprint density at radius 1 is 1.16 bits per heavy atom. The second-order valence-corrected chi connectivity index (χ2v) is 8.28. The molecule has 0 aliphatic heterocycles. The van der Waals surface area contributed by atoms with Crippen molar-refractivity contribution >= 4 is 25.8 Å². The number of sulfone groups is 1. The first kappa shape index (κ1) is 16.7. The van der Waals surface area contributed by atoms with Gasteiger partial charge in [0.1, 0.15) is 0 Å². The molecular formula is C14H22BrNO2S. The molecule has 0 aliphatic carbocycles. The van der Waals surface area contributed by atoms with Crippen LogP contribution in [0.3, 0.4) is 0 Å². The molecular weight excluding hydrogens is 326 g/mol. The summed E-state index contributed by atoms with van der Waals surface area (Å²) in [6, 6.07) is 6.81. The summed E-state index contributed by atoms with van der Waals surface area (Å²) in [6.07, 6.45) is 1.09. The minimum atomic E-state index is -3.17. The predicted octanol–water partition coefficient (Wildman–Crippen LogP) is 3.20. The minimum Gasteiger partial charge on any atom is -0.305 e. The molecule has 0 N–H and O–H groups in total. The summed E-state index contributed by atoms with van der Waals surface area (Å²) in [7, 11) is -1.20. The van der Waals surface area contributed by atoms with Crippen molar-refractivity contribution in [3.05, 3.63) is 28.7 Å². The number of rotatable bonds is 7. The second-order valence-electron chi connectivity index (χ2n) is 5.26. The molecule has 0 fully saturated rings. The van der Waals surface area contributed by atoms with Gasteiger partial charge in [-0.25, -0.2) is 8.42 Å². The van der Waals surface area contributed by atoms with Gasteiger partial charge in [-0.1, -0.05) is 29.8 Å². The van der Waals surface area contributed by atoms with Gasteiger partial charge in [0, 0.05) is 11.0 Å². The largest absolute Gasteiger partial charge is 0.305 e. The molecule has 1 aromatic rings. The highest BCUT2D eigenvalue weighted by atomic mass is 79.9. The molecule has 0 amide bonds. The fraction of sp³-hybridized carbons (Fsp3) is 0.571. The third-order valence-corrected chi connectivity index (χ3v) is 5.24. The highest BCUT2D eigenvalue weighted by Crippen LogP contribution is 2.16. The van der Waals surface area contributed by atoms with Crippen molar-refractivity contribution in [3.8, 4) is 0 Å². The van der Waals surface area contributed by atoms with Crippen molar-refractivity contribution in [2.24, 2.45) is 5.92 Å². The Balaban J connectivity index is 2.53. The Labute approximate surface area is 125 Å². The first-order chi connectivity index (χ1) is 8.81. The van der Waals surface area contributed by atoms with Crippen molar-refractivity contribution in [1.82, 2.24) is 4.90 Å². The Morgan fingerprint density at radius 2 is 1.74 bits per heavy atom. The van der Waals surface area contributed by atoms with Crippen molar-refractivity contribution in [3.63, 3.8) is 0 Å². The van der Waals surface area contributed by atoms with E-state index in [4.69, 9.17) is 0 Å². The summed E-state index contributed by atoms with van der Waals surface area (Å²) in [6.45, 7) is 5.86. The average Bonchev–Trinajstić information content (AvgIpc) is 2.34. The van der Waals surface area contributed by atoms with Gasteiger partial charge in [0.15, 0.2) is 9.84 Å². The lowest BCUT2D eigenvalue weighted by Crippen LogP contribution is -2.27. The van der Waals surface area contributed by atoms with Gasteiger partial charge in [-0.2, -0.15) is 0 Å². The molecule has 0 saturated heterocycles. The summed E-state index contributed by atoms with van der Waals surface area (Å²) < 4.78 is 25.2. The van der Waals surface area contributed by atoms with E-state index in [2.05, 4.69) is 34.7 Å². The van der Waals surface area contributed by atoms with E-state index < -0.39 is 9.84 Å². The van der Waals surface area contributed by atoms with Gasteiger partial charge in [-0.3, -0.25) is 0 Å². The average molecular weight is 348 g/mol. The highest BCUT2D eigenvalue weighted by molar-refractivity contribution is 9.10. The van der Waals surface area contributed by atoms with Gasteiger partial charge in [0.2, 0.25) is 0 Å². The molecule has 0 atom stereocenters. The van der Waals surface area contributed by atoms with Crippen LogP contribution in [-0.2, 0) is 9.84 Å². The summed E-state index contributed by atoms with van der Waals surface area (Å²) in [4.78, 5) is 2.48. The van der Waals surface area contributed by atoms with Crippen molar-refractivity contribution in [1.29, 1.82) is 0 Å². The van der Waals surface area contributed by atoms with Gasteiger partial charge in [0.05, 0.1) is 10.6 Å².